The van der Waals surface area contributed by atoms with E-state index in [0.717, 1.165) is 44.9 Å². The van der Waals surface area contributed by atoms with Gasteiger partial charge in [-0.25, -0.2) is 4.79 Å². The Hall–Kier alpha value is -2.87. The van der Waals surface area contributed by atoms with Crippen molar-refractivity contribution in [2.45, 2.75) is 86.4 Å². The van der Waals surface area contributed by atoms with Gasteiger partial charge in [0.15, 0.2) is 5.78 Å². The van der Waals surface area contributed by atoms with E-state index in [9.17, 15) is 14.4 Å². The van der Waals surface area contributed by atoms with Crippen LogP contribution in [0.5, 0.6) is 5.75 Å². The summed E-state index contributed by atoms with van der Waals surface area (Å²) in [5, 5.41) is 0. The highest BCUT2D eigenvalue weighted by atomic mass is 16.5. The van der Waals surface area contributed by atoms with Crippen LogP contribution in [0.4, 0.5) is 5.82 Å². The maximum absolute atomic E-state index is 13.1. The Balaban J connectivity index is 1.60. The summed E-state index contributed by atoms with van der Waals surface area (Å²) in [6.45, 7) is 21.7. The number of ether oxygens (including phenoxy) is 1. The molecule has 38 heavy (non-hydrogen) atoms. The fourth-order valence-electron chi connectivity index (χ4n) is 4.87. The van der Waals surface area contributed by atoms with Gasteiger partial charge in [0.1, 0.15) is 17.2 Å². The normalized spacial score (nSPS) is 15.4. The number of piperazine rings is 1. The predicted molar refractivity (Wildman–Crippen MR) is 154 cm³/mol. The predicted octanol–water partition coefficient (Wildman–Crippen LogP) is 4.77. The Morgan fingerprint density at radius 1 is 0.868 bits per heavy atom. The summed E-state index contributed by atoms with van der Waals surface area (Å²) in [6, 6.07) is 8.83. The van der Waals surface area contributed by atoms with Crippen molar-refractivity contribution in [3.8, 4) is 5.75 Å². The number of carbonyl (C=O) groups is 1. The maximum atomic E-state index is 13.1. The smallest absolute Gasteiger partial charge is 0.333 e. The largest absolute Gasteiger partial charge is 0.488 e. The van der Waals surface area contributed by atoms with E-state index in [0.29, 0.717) is 11.4 Å². The Bertz CT molecular complexity index is 1220. The summed E-state index contributed by atoms with van der Waals surface area (Å²) in [5.41, 5.74) is -0.564. The van der Waals surface area contributed by atoms with Crippen LogP contribution in [-0.4, -0.2) is 58.1 Å². The number of aromatic nitrogens is 2. The standard InChI is InChI=1S/C30H46N4O4/c1-21(2)33-25(20-26(35)34(22(3)4)28(33)37)32-18-16-31(17-19-32)15-14-30(8,9)38-24-12-10-23(11-13-24)27(36)29(5,6)7/h10-13,20-22H,14-19H2,1-9H3. The lowest BCUT2D eigenvalue weighted by Gasteiger charge is -2.38. The van der Waals surface area contributed by atoms with E-state index < -0.39 is 5.41 Å². The van der Waals surface area contributed by atoms with E-state index in [1.807, 2.05) is 72.7 Å². The van der Waals surface area contributed by atoms with E-state index in [1.54, 1.807) is 10.6 Å². The zero-order valence-corrected chi connectivity index (χ0v) is 24.7. The number of nitrogens with zero attached hydrogens (tertiary/aromatic N) is 4. The molecule has 1 fully saturated rings. The number of carbonyl (C=O) groups excluding carboxylic acids is 1. The van der Waals surface area contributed by atoms with Gasteiger partial charge in [-0.3, -0.25) is 23.6 Å². The fourth-order valence-corrected chi connectivity index (χ4v) is 4.87. The molecule has 0 unspecified atom stereocenters. The Kier molecular flexibility index (Phi) is 8.97. The average Bonchev–Trinajstić information content (AvgIpc) is 2.81. The molecule has 3 rings (SSSR count). The summed E-state index contributed by atoms with van der Waals surface area (Å²) >= 11 is 0. The monoisotopic (exact) mass is 526 g/mol. The maximum Gasteiger partial charge on any atom is 0.333 e. The van der Waals surface area contributed by atoms with Crippen LogP contribution in [0.3, 0.4) is 0 Å². The number of hydrogen-bond acceptors (Lipinski definition) is 6. The molecule has 0 spiro atoms. The third-order valence-electron chi connectivity index (χ3n) is 7.10. The third-order valence-corrected chi connectivity index (χ3v) is 7.10. The third kappa shape index (κ3) is 6.95. The molecule has 1 aliphatic heterocycles. The number of benzene rings is 1. The second-order valence-corrected chi connectivity index (χ2v) is 12.6. The van der Waals surface area contributed by atoms with Crippen LogP contribution in [0.15, 0.2) is 39.9 Å². The van der Waals surface area contributed by atoms with Crippen LogP contribution in [0.1, 0.15) is 91.2 Å². The van der Waals surface area contributed by atoms with Crippen LogP contribution in [0.2, 0.25) is 0 Å². The average molecular weight is 527 g/mol. The lowest BCUT2D eigenvalue weighted by molar-refractivity contribution is 0.0819. The molecule has 2 heterocycles. The minimum Gasteiger partial charge on any atom is -0.488 e. The van der Waals surface area contributed by atoms with Crippen LogP contribution in [0.25, 0.3) is 0 Å². The Labute approximate surface area is 227 Å². The molecule has 0 saturated carbocycles. The molecule has 0 bridgehead atoms. The molecule has 0 atom stereocenters. The Morgan fingerprint density at radius 3 is 1.92 bits per heavy atom. The molecule has 1 aliphatic rings. The van der Waals surface area contributed by atoms with Crippen LogP contribution >= 0.6 is 0 Å². The summed E-state index contributed by atoms with van der Waals surface area (Å²) in [4.78, 5) is 42.9. The molecule has 0 amide bonds. The molecule has 1 aromatic carbocycles. The second kappa shape index (κ2) is 11.5. The number of ketones is 1. The molecular formula is C30H46N4O4. The van der Waals surface area contributed by atoms with Gasteiger partial charge < -0.3 is 9.64 Å². The minimum atomic E-state index is -0.411. The van der Waals surface area contributed by atoms with Gasteiger partial charge in [-0.05, 0) is 72.2 Å². The molecule has 8 heteroatoms. The lowest BCUT2D eigenvalue weighted by Crippen LogP contribution is -2.51. The molecule has 0 aliphatic carbocycles. The lowest BCUT2D eigenvalue weighted by atomic mass is 9.86. The highest BCUT2D eigenvalue weighted by Crippen LogP contribution is 2.26. The van der Waals surface area contributed by atoms with Crippen LogP contribution in [-0.2, 0) is 0 Å². The second-order valence-electron chi connectivity index (χ2n) is 12.6. The number of hydrogen-bond donors (Lipinski definition) is 0. The summed E-state index contributed by atoms with van der Waals surface area (Å²) in [6.07, 6.45) is 0.844. The summed E-state index contributed by atoms with van der Waals surface area (Å²) < 4.78 is 9.35. The quantitative estimate of drug-likeness (QED) is 0.438. The first-order valence-corrected chi connectivity index (χ1v) is 13.8. The molecule has 210 valence electrons. The Morgan fingerprint density at radius 2 is 1.42 bits per heavy atom. The van der Waals surface area contributed by atoms with Gasteiger partial charge in [0.05, 0.1) is 0 Å². The topological polar surface area (TPSA) is 76.8 Å². The highest BCUT2D eigenvalue weighted by Gasteiger charge is 2.27. The molecular weight excluding hydrogens is 480 g/mol. The van der Waals surface area contributed by atoms with Gasteiger partial charge >= 0.3 is 5.69 Å². The van der Waals surface area contributed by atoms with Crippen molar-refractivity contribution in [1.82, 2.24) is 14.0 Å². The first kappa shape index (κ1) is 29.7. The number of anilines is 1. The van der Waals surface area contributed by atoms with Crippen molar-refractivity contribution in [1.29, 1.82) is 0 Å². The first-order valence-electron chi connectivity index (χ1n) is 13.8. The SMILES string of the molecule is CC(C)n1c(N2CCN(CCC(C)(C)Oc3ccc(C(=O)C(C)(C)C)cc3)CC2)cc(=O)n(C(C)C)c1=O. The molecule has 0 radical (unpaired) electrons. The zero-order chi connectivity index (χ0) is 28.4. The minimum absolute atomic E-state index is 0.0419. The van der Waals surface area contributed by atoms with Crippen molar-refractivity contribution in [2.24, 2.45) is 5.41 Å². The fraction of sp³-hybridized carbons (Fsp3) is 0.633. The van der Waals surface area contributed by atoms with Crippen molar-refractivity contribution < 1.29 is 9.53 Å². The van der Waals surface area contributed by atoms with E-state index in [-0.39, 0.29) is 34.7 Å². The zero-order valence-electron chi connectivity index (χ0n) is 24.7. The number of rotatable bonds is 9. The highest BCUT2D eigenvalue weighted by molar-refractivity contribution is 5.99. The van der Waals surface area contributed by atoms with Gasteiger partial charge in [0, 0.05) is 61.9 Å². The van der Waals surface area contributed by atoms with Crippen molar-refractivity contribution >= 4 is 11.6 Å². The van der Waals surface area contributed by atoms with Gasteiger partial charge in [0.25, 0.3) is 5.56 Å². The summed E-state index contributed by atoms with van der Waals surface area (Å²) in [7, 11) is 0. The van der Waals surface area contributed by atoms with E-state index >= 15 is 0 Å². The van der Waals surface area contributed by atoms with Gasteiger partial charge in [-0.1, -0.05) is 20.8 Å². The van der Waals surface area contributed by atoms with Crippen LogP contribution < -0.4 is 20.9 Å². The number of Topliss-reactive ketones (excluding diaryl/α,β-unsaturated/α-hetero) is 1. The molecule has 8 nitrogen and oxygen atoms in total. The van der Waals surface area contributed by atoms with Gasteiger partial charge in [0.2, 0.25) is 0 Å². The molecule has 1 aromatic heterocycles. The van der Waals surface area contributed by atoms with E-state index in [2.05, 4.69) is 23.6 Å². The first-order chi connectivity index (χ1) is 17.6. The van der Waals surface area contributed by atoms with Crippen LogP contribution in [0, 0.1) is 5.41 Å². The molecule has 2 aromatic rings. The van der Waals surface area contributed by atoms with Gasteiger partial charge in [-0.2, -0.15) is 0 Å². The van der Waals surface area contributed by atoms with Crippen molar-refractivity contribution in [3.05, 3.63) is 56.7 Å². The van der Waals surface area contributed by atoms with Gasteiger partial charge in [-0.15, -0.1) is 0 Å². The van der Waals surface area contributed by atoms with Crippen molar-refractivity contribution in [3.63, 3.8) is 0 Å². The molecule has 0 N–H and O–H groups in total. The summed E-state index contributed by atoms with van der Waals surface area (Å²) in [5.74, 6) is 1.59. The van der Waals surface area contributed by atoms with E-state index in [1.165, 1.54) is 4.57 Å². The molecule has 1 saturated heterocycles. The van der Waals surface area contributed by atoms with Crippen molar-refractivity contribution in [2.75, 3.05) is 37.6 Å². The van der Waals surface area contributed by atoms with E-state index in [4.69, 9.17) is 4.74 Å².